The Kier molecular flexibility index (Phi) is 4.72. The average Bonchev–Trinajstić information content (AvgIpc) is 3.03. The highest BCUT2D eigenvalue weighted by Gasteiger charge is 2.25. The summed E-state index contributed by atoms with van der Waals surface area (Å²) in [6, 6.07) is 4.47. The summed E-state index contributed by atoms with van der Waals surface area (Å²) in [6.07, 6.45) is 0. The van der Waals surface area contributed by atoms with Crippen LogP contribution in [0.5, 0.6) is 0 Å². The quantitative estimate of drug-likeness (QED) is 0.702. The fourth-order valence-corrected chi connectivity index (χ4v) is 3.68. The maximum atomic E-state index is 14.4. The molecule has 0 radical (unpaired) electrons. The first kappa shape index (κ1) is 18.7. The fourth-order valence-electron chi connectivity index (χ4n) is 3.46. The van der Waals surface area contributed by atoms with Crippen LogP contribution in [0.2, 0.25) is 5.02 Å². The number of likely N-dealkylation sites (N-methyl/N-ethyl adjacent to an activating group) is 1. The number of anilines is 1. The Bertz CT molecular complexity index is 1140. The monoisotopic (exact) mass is 406 g/mol. The number of rotatable bonds is 3. The molecule has 3 heterocycles. The van der Waals surface area contributed by atoms with Crippen LogP contribution < -0.4 is 16.1 Å². The van der Waals surface area contributed by atoms with Crippen LogP contribution in [0.25, 0.3) is 11.2 Å². The molecule has 148 valence electrons. The van der Waals surface area contributed by atoms with Crippen LogP contribution in [0.15, 0.2) is 27.8 Å². The van der Waals surface area contributed by atoms with E-state index in [9.17, 15) is 14.0 Å². The summed E-state index contributed by atoms with van der Waals surface area (Å²) in [4.78, 5) is 35.7. The standard InChI is InChI=1S/C18H20ClFN6O2/c1-23-6-8-25(9-7-23)17-21-15-14(16(27)22-18(28)24(15)2)26(17)10-11-12(19)4-3-5-13(11)20/h3-5H,6-10H2,1-2H3,(H,22,27,28). The maximum Gasteiger partial charge on any atom is 0.329 e. The van der Waals surface area contributed by atoms with Crippen molar-refractivity contribution in [2.24, 2.45) is 7.05 Å². The molecule has 28 heavy (non-hydrogen) atoms. The van der Waals surface area contributed by atoms with Crippen molar-refractivity contribution in [2.75, 3.05) is 38.1 Å². The van der Waals surface area contributed by atoms with Gasteiger partial charge >= 0.3 is 5.69 Å². The Labute approximate surface area is 164 Å². The predicted molar refractivity (Wildman–Crippen MR) is 106 cm³/mol. The van der Waals surface area contributed by atoms with Crippen LogP contribution >= 0.6 is 11.6 Å². The van der Waals surface area contributed by atoms with E-state index in [-0.39, 0.29) is 28.3 Å². The molecule has 0 spiro atoms. The van der Waals surface area contributed by atoms with Crippen molar-refractivity contribution in [1.82, 2.24) is 24.0 Å². The second kappa shape index (κ2) is 7.06. The van der Waals surface area contributed by atoms with E-state index < -0.39 is 17.1 Å². The van der Waals surface area contributed by atoms with Crippen LogP contribution in [0.3, 0.4) is 0 Å². The summed E-state index contributed by atoms with van der Waals surface area (Å²) in [6.45, 7) is 3.11. The number of imidazole rings is 1. The van der Waals surface area contributed by atoms with E-state index in [1.165, 1.54) is 16.7 Å². The number of nitrogens with zero attached hydrogens (tertiary/aromatic N) is 5. The van der Waals surface area contributed by atoms with Crippen molar-refractivity contribution >= 4 is 28.7 Å². The van der Waals surface area contributed by atoms with E-state index in [1.807, 2.05) is 11.9 Å². The summed E-state index contributed by atoms with van der Waals surface area (Å²) in [5, 5.41) is 0.271. The molecular weight excluding hydrogens is 387 g/mol. The van der Waals surface area contributed by atoms with Gasteiger partial charge in [0, 0.05) is 43.8 Å². The highest BCUT2D eigenvalue weighted by atomic mass is 35.5. The molecule has 0 aliphatic carbocycles. The van der Waals surface area contributed by atoms with Gasteiger partial charge in [0.2, 0.25) is 5.95 Å². The summed E-state index contributed by atoms with van der Waals surface area (Å²) in [7, 11) is 3.58. The maximum absolute atomic E-state index is 14.4. The van der Waals surface area contributed by atoms with Gasteiger partial charge in [-0.1, -0.05) is 17.7 Å². The lowest BCUT2D eigenvalue weighted by atomic mass is 10.2. The number of nitrogens with one attached hydrogen (secondary N) is 1. The first-order chi connectivity index (χ1) is 13.4. The van der Waals surface area contributed by atoms with Gasteiger partial charge in [0.15, 0.2) is 11.2 Å². The largest absolute Gasteiger partial charge is 0.340 e. The number of hydrogen-bond donors (Lipinski definition) is 1. The van der Waals surface area contributed by atoms with Gasteiger partial charge in [-0.25, -0.2) is 9.18 Å². The normalized spacial score (nSPS) is 15.5. The number of hydrogen-bond acceptors (Lipinski definition) is 5. The van der Waals surface area contributed by atoms with Gasteiger partial charge < -0.3 is 9.80 Å². The summed E-state index contributed by atoms with van der Waals surface area (Å²) < 4.78 is 17.4. The van der Waals surface area contributed by atoms with Crippen LogP contribution in [0.4, 0.5) is 10.3 Å². The van der Waals surface area contributed by atoms with Crippen molar-refractivity contribution in [3.8, 4) is 0 Å². The zero-order valence-corrected chi connectivity index (χ0v) is 16.3. The Morgan fingerprint density at radius 2 is 1.89 bits per heavy atom. The van der Waals surface area contributed by atoms with Crippen molar-refractivity contribution in [2.45, 2.75) is 6.54 Å². The summed E-state index contributed by atoms with van der Waals surface area (Å²) >= 11 is 6.22. The molecular formula is C18H20ClFN6O2. The third kappa shape index (κ3) is 3.10. The second-order valence-corrected chi connectivity index (χ2v) is 7.39. The van der Waals surface area contributed by atoms with Crippen molar-refractivity contribution in [3.05, 3.63) is 55.4 Å². The van der Waals surface area contributed by atoms with Crippen LogP contribution in [0.1, 0.15) is 5.56 Å². The van der Waals surface area contributed by atoms with Crippen LogP contribution in [-0.2, 0) is 13.6 Å². The molecule has 2 aromatic heterocycles. The molecule has 1 N–H and O–H groups in total. The zero-order valence-electron chi connectivity index (χ0n) is 15.6. The predicted octanol–water partition coefficient (Wildman–Crippen LogP) is 1.02. The molecule has 0 bridgehead atoms. The molecule has 0 saturated carbocycles. The highest BCUT2D eigenvalue weighted by Crippen LogP contribution is 2.26. The summed E-state index contributed by atoms with van der Waals surface area (Å²) in [5.41, 5.74) is -0.355. The van der Waals surface area contributed by atoms with Crippen molar-refractivity contribution < 1.29 is 4.39 Å². The second-order valence-electron chi connectivity index (χ2n) is 6.98. The number of halogens is 2. The van der Waals surface area contributed by atoms with E-state index in [0.29, 0.717) is 19.0 Å². The Morgan fingerprint density at radius 3 is 2.57 bits per heavy atom. The first-order valence-electron chi connectivity index (χ1n) is 8.92. The molecule has 3 aromatic rings. The lowest BCUT2D eigenvalue weighted by molar-refractivity contribution is 0.310. The third-order valence-electron chi connectivity index (χ3n) is 5.15. The fraction of sp³-hybridized carbons (Fsp3) is 0.389. The van der Waals surface area contributed by atoms with E-state index >= 15 is 0 Å². The minimum atomic E-state index is -0.557. The lowest BCUT2D eigenvalue weighted by Gasteiger charge is -2.33. The van der Waals surface area contributed by atoms with Gasteiger partial charge in [0.1, 0.15) is 5.82 Å². The zero-order chi connectivity index (χ0) is 20.0. The molecule has 8 nitrogen and oxygen atoms in total. The number of aromatic amines is 1. The molecule has 0 unspecified atom stereocenters. The molecule has 1 aliphatic heterocycles. The minimum absolute atomic E-state index is 0.0327. The van der Waals surface area contributed by atoms with Crippen molar-refractivity contribution in [1.29, 1.82) is 0 Å². The first-order valence-corrected chi connectivity index (χ1v) is 9.30. The number of benzene rings is 1. The molecule has 1 aliphatic rings. The van der Waals surface area contributed by atoms with Gasteiger partial charge in [-0.2, -0.15) is 4.98 Å². The number of aromatic nitrogens is 4. The van der Waals surface area contributed by atoms with E-state index in [0.717, 1.165) is 13.1 Å². The molecule has 1 saturated heterocycles. The van der Waals surface area contributed by atoms with E-state index in [2.05, 4.69) is 14.9 Å². The van der Waals surface area contributed by atoms with Crippen molar-refractivity contribution in [3.63, 3.8) is 0 Å². The Morgan fingerprint density at radius 1 is 1.18 bits per heavy atom. The average molecular weight is 407 g/mol. The smallest absolute Gasteiger partial charge is 0.329 e. The van der Waals surface area contributed by atoms with Crippen LogP contribution in [0, 0.1) is 5.82 Å². The number of piperazine rings is 1. The number of H-pyrrole nitrogens is 1. The SMILES string of the molecule is CN1CCN(c2nc3c(c(=O)[nH]c(=O)n3C)n2Cc2c(F)cccc2Cl)CC1. The Balaban J connectivity index is 1.94. The highest BCUT2D eigenvalue weighted by molar-refractivity contribution is 6.31. The molecule has 0 amide bonds. The third-order valence-corrected chi connectivity index (χ3v) is 5.51. The van der Waals surface area contributed by atoms with Crippen LogP contribution in [-0.4, -0.2) is 57.2 Å². The molecule has 1 fully saturated rings. The Hall–Kier alpha value is -2.65. The molecule has 10 heteroatoms. The van der Waals surface area contributed by atoms with Gasteiger partial charge in [-0.05, 0) is 19.2 Å². The minimum Gasteiger partial charge on any atom is -0.340 e. The molecule has 4 rings (SSSR count). The topological polar surface area (TPSA) is 79.2 Å². The van der Waals surface area contributed by atoms with Gasteiger partial charge in [-0.3, -0.25) is 18.9 Å². The van der Waals surface area contributed by atoms with Gasteiger partial charge in [-0.15, -0.1) is 0 Å². The lowest BCUT2D eigenvalue weighted by Crippen LogP contribution is -2.45. The van der Waals surface area contributed by atoms with Gasteiger partial charge in [0.05, 0.1) is 6.54 Å². The van der Waals surface area contributed by atoms with E-state index in [1.54, 1.807) is 17.7 Å². The number of aryl methyl sites for hydroxylation is 1. The molecule has 0 atom stereocenters. The molecule has 1 aromatic carbocycles. The summed E-state index contributed by atoms with van der Waals surface area (Å²) in [5.74, 6) is 0.0639. The van der Waals surface area contributed by atoms with Gasteiger partial charge in [0.25, 0.3) is 5.56 Å². The number of fused-ring (bicyclic) bond motifs is 1. The van der Waals surface area contributed by atoms with E-state index in [4.69, 9.17) is 11.6 Å².